The molecule has 1 aromatic rings. The van der Waals surface area contributed by atoms with Gasteiger partial charge in [0.25, 0.3) is 0 Å². The van der Waals surface area contributed by atoms with Crippen LogP contribution in [0.5, 0.6) is 0 Å². The molecule has 0 spiro atoms. The van der Waals surface area contributed by atoms with Gasteiger partial charge in [-0.1, -0.05) is 31.9 Å². The van der Waals surface area contributed by atoms with Crippen molar-refractivity contribution >= 4 is 43.5 Å². The first-order valence-electron chi connectivity index (χ1n) is 5.10. The van der Waals surface area contributed by atoms with Crippen molar-refractivity contribution in [1.82, 2.24) is 0 Å². The van der Waals surface area contributed by atoms with Gasteiger partial charge in [-0.3, -0.25) is 4.79 Å². The molecule has 2 rings (SSSR count). The van der Waals surface area contributed by atoms with Crippen LogP contribution in [0.1, 0.15) is 12.0 Å². The number of hydrogen-bond donors (Lipinski definition) is 0. The summed E-state index contributed by atoms with van der Waals surface area (Å²) in [4.78, 5) is 13.2. The van der Waals surface area contributed by atoms with Gasteiger partial charge in [-0.2, -0.15) is 13.2 Å². The van der Waals surface area contributed by atoms with E-state index in [1.165, 1.54) is 17.0 Å². The van der Waals surface area contributed by atoms with E-state index in [4.69, 9.17) is 0 Å². The van der Waals surface area contributed by atoms with Crippen LogP contribution in [-0.4, -0.2) is 17.3 Å². The second-order valence-electron chi connectivity index (χ2n) is 3.97. The number of halogens is 5. The van der Waals surface area contributed by atoms with Crippen LogP contribution in [0.4, 0.5) is 18.9 Å². The van der Waals surface area contributed by atoms with Crippen LogP contribution in [0.15, 0.2) is 22.7 Å². The van der Waals surface area contributed by atoms with Gasteiger partial charge in [0.15, 0.2) is 0 Å². The van der Waals surface area contributed by atoms with E-state index < -0.39 is 11.7 Å². The Balaban J connectivity index is 2.32. The number of anilines is 1. The fourth-order valence-electron chi connectivity index (χ4n) is 1.82. The Bertz CT molecular complexity index is 490. The van der Waals surface area contributed by atoms with Crippen molar-refractivity contribution in [2.75, 3.05) is 11.4 Å². The monoisotopic (exact) mass is 385 g/mol. The molecule has 0 N–H and O–H groups in total. The van der Waals surface area contributed by atoms with Crippen LogP contribution in [0.25, 0.3) is 0 Å². The maximum Gasteiger partial charge on any atom is 0.417 e. The molecule has 1 aliphatic rings. The zero-order valence-corrected chi connectivity index (χ0v) is 12.1. The number of amides is 1. The fraction of sp³-hybridized carbons (Fsp3) is 0.364. The van der Waals surface area contributed by atoms with Gasteiger partial charge in [-0.25, -0.2) is 0 Å². The summed E-state index contributed by atoms with van der Waals surface area (Å²) in [6.07, 6.45) is -4.04. The topological polar surface area (TPSA) is 20.3 Å². The quantitative estimate of drug-likeness (QED) is 0.669. The molecular weight excluding hydrogens is 379 g/mol. The van der Waals surface area contributed by atoms with Crippen molar-refractivity contribution in [3.63, 3.8) is 0 Å². The molecule has 0 bridgehead atoms. The van der Waals surface area contributed by atoms with Crippen molar-refractivity contribution in [3.05, 3.63) is 28.2 Å². The summed E-state index contributed by atoms with van der Waals surface area (Å²) >= 11 is 6.22. The summed E-state index contributed by atoms with van der Waals surface area (Å²) in [5.41, 5.74) is -0.268. The van der Waals surface area contributed by atoms with Crippen LogP contribution in [0.2, 0.25) is 0 Å². The van der Waals surface area contributed by atoms with Crippen LogP contribution >= 0.6 is 31.9 Å². The molecule has 7 heteroatoms. The second kappa shape index (κ2) is 4.85. The number of carbonyl (C=O) groups is 1. The van der Waals surface area contributed by atoms with Gasteiger partial charge in [0.2, 0.25) is 5.91 Å². The molecule has 2 nitrogen and oxygen atoms in total. The van der Waals surface area contributed by atoms with E-state index in [9.17, 15) is 18.0 Å². The zero-order chi connectivity index (χ0) is 13.5. The Morgan fingerprint density at radius 1 is 1.33 bits per heavy atom. The highest BCUT2D eigenvalue weighted by Gasteiger charge is 2.34. The van der Waals surface area contributed by atoms with Gasteiger partial charge < -0.3 is 4.90 Å². The molecular formula is C11H8Br2F3NO. The number of hydrogen-bond acceptors (Lipinski definition) is 1. The van der Waals surface area contributed by atoms with Crippen LogP contribution < -0.4 is 4.90 Å². The first-order valence-corrected chi connectivity index (χ1v) is 6.81. The first kappa shape index (κ1) is 13.9. The molecule has 0 aromatic heterocycles. The lowest BCUT2D eigenvalue weighted by Crippen LogP contribution is -2.24. The Labute approximate surface area is 118 Å². The largest absolute Gasteiger partial charge is 0.417 e. The SMILES string of the molecule is O=C1CC(Br)CN1c1ccc(C(F)(F)F)c(Br)c1. The van der Waals surface area contributed by atoms with Crippen LogP contribution in [0, 0.1) is 0 Å². The summed E-state index contributed by atoms with van der Waals surface area (Å²) in [7, 11) is 0. The van der Waals surface area contributed by atoms with Crippen molar-refractivity contribution in [3.8, 4) is 0 Å². The van der Waals surface area contributed by atoms with Crippen LogP contribution in [-0.2, 0) is 11.0 Å². The Kier molecular flexibility index (Phi) is 3.73. The number of rotatable bonds is 1. The van der Waals surface area contributed by atoms with Gasteiger partial charge in [0.05, 0.1) is 5.56 Å². The molecule has 98 valence electrons. The lowest BCUT2D eigenvalue weighted by atomic mass is 10.2. The van der Waals surface area contributed by atoms with E-state index in [2.05, 4.69) is 31.9 Å². The average Bonchev–Trinajstić information content (AvgIpc) is 2.55. The van der Waals surface area contributed by atoms with Gasteiger partial charge in [0, 0.05) is 28.0 Å². The molecule has 1 atom stereocenters. The van der Waals surface area contributed by atoms with E-state index in [-0.39, 0.29) is 15.2 Å². The summed E-state index contributed by atoms with van der Waals surface area (Å²) in [5.74, 6) is -0.0940. The molecule has 1 heterocycles. The lowest BCUT2D eigenvalue weighted by Gasteiger charge is -2.18. The highest BCUT2D eigenvalue weighted by molar-refractivity contribution is 9.10. The maximum absolute atomic E-state index is 12.6. The summed E-state index contributed by atoms with van der Waals surface area (Å²) in [6.45, 7) is 0.469. The van der Waals surface area contributed by atoms with Crippen molar-refractivity contribution in [1.29, 1.82) is 0 Å². The van der Waals surface area contributed by atoms with Crippen molar-refractivity contribution in [2.45, 2.75) is 17.4 Å². The van der Waals surface area contributed by atoms with Crippen molar-refractivity contribution in [2.24, 2.45) is 0 Å². The van der Waals surface area contributed by atoms with E-state index in [0.717, 1.165) is 6.07 Å². The Morgan fingerprint density at radius 3 is 2.44 bits per heavy atom. The molecule has 0 radical (unpaired) electrons. The molecule has 1 saturated heterocycles. The predicted octanol–water partition coefficient (Wildman–Crippen LogP) is 3.97. The van der Waals surface area contributed by atoms with E-state index in [1.807, 2.05) is 0 Å². The van der Waals surface area contributed by atoms with Crippen molar-refractivity contribution < 1.29 is 18.0 Å². The smallest absolute Gasteiger partial charge is 0.311 e. The van der Waals surface area contributed by atoms with E-state index >= 15 is 0 Å². The number of alkyl halides is 4. The zero-order valence-electron chi connectivity index (χ0n) is 8.97. The third kappa shape index (κ3) is 2.71. The van der Waals surface area contributed by atoms with Gasteiger partial charge in [-0.15, -0.1) is 0 Å². The lowest BCUT2D eigenvalue weighted by molar-refractivity contribution is -0.138. The third-order valence-electron chi connectivity index (χ3n) is 2.65. The molecule has 0 aliphatic carbocycles. The van der Waals surface area contributed by atoms with Gasteiger partial charge in [-0.05, 0) is 18.2 Å². The third-order valence-corrected chi connectivity index (χ3v) is 3.92. The number of carbonyl (C=O) groups excluding carboxylic acids is 1. The summed E-state index contributed by atoms with van der Waals surface area (Å²) in [5, 5.41) is 0. The fourth-order valence-corrected chi connectivity index (χ4v) is 2.97. The standard InChI is InChI=1S/C11H8Br2F3NO/c12-6-3-10(18)17(5-6)7-1-2-8(9(13)4-7)11(14,15)16/h1-2,4,6H,3,5H2. The van der Waals surface area contributed by atoms with E-state index in [1.54, 1.807) is 0 Å². The molecule has 1 unspecified atom stereocenters. The molecule has 0 saturated carbocycles. The maximum atomic E-state index is 12.6. The molecule has 1 aromatic carbocycles. The highest BCUT2D eigenvalue weighted by atomic mass is 79.9. The first-order chi connectivity index (χ1) is 8.29. The minimum atomic E-state index is -4.40. The molecule has 1 aliphatic heterocycles. The summed E-state index contributed by atoms with van der Waals surface area (Å²) < 4.78 is 37.7. The second-order valence-corrected chi connectivity index (χ2v) is 6.12. The van der Waals surface area contributed by atoms with E-state index in [0.29, 0.717) is 18.7 Å². The minimum Gasteiger partial charge on any atom is -0.311 e. The molecule has 18 heavy (non-hydrogen) atoms. The molecule has 1 amide bonds. The number of nitrogens with zero attached hydrogens (tertiary/aromatic N) is 1. The average molecular weight is 387 g/mol. The highest BCUT2D eigenvalue weighted by Crippen LogP contribution is 2.37. The normalized spacial score (nSPS) is 20.6. The van der Waals surface area contributed by atoms with Gasteiger partial charge in [0.1, 0.15) is 0 Å². The Hall–Kier alpha value is -0.560. The molecule has 1 fully saturated rings. The Morgan fingerprint density at radius 2 is 2.00 bits per heavy atom. The van der Waals surface area contributed by atoms with Crippen LogP contribution in [0.3, 0.4) is 0 Å². The summed E-state index contributed by atoms with van der Waals surface area (Å²) in [6, 6.07) is 3.62. The predicted molar refractivity (Wildman–Crippen MR) is 68.8 cm³/mol. The van der Waals surface area contributed by atoms with Gasteiger partial charge >= 0.3 is 6.18 Å². The minimum absolute atomic E-state index is 0.0473. The number of benzene rings is 1.